The van der Waals surface area contributed by atoms with Gasteiger partial charge in [-0.2, -0.15) is 5.10 Å². The summed E-state index contributed by atoms with van der Waals surface area (Å²) in [5.74, 6) is 1.58. The Hall–Kier alpha value is -3.17. The number of aromatic amines is 1. The van der Waals surface area contributed by atoms with Crippen LogP contribution in [-0.2, 0) is 0 Å². The fourth-order valence-corrected chi connectivity index (χ4v) is 3.53. The largest absolute Gasteiger partial charge is 0.350 e. The molecule has 1 atom stereocenters. The predicted octanol–water partition coefficient (Wildman–Crippen LogP) is 3.38. The molecule has 1 aromatic carbocycles. The lowest BCUT2D eigenvalue weighted by molar-refractivity contribution is 0.0940. The highest BCUT2D eigenvalue weighted by atomic mass is 35.5. The summed E-state index contributed by atoms with van der Waals surface area (Å²) in [6.45, 7) is 4.45. The normalized spacial score (nSPS) is 16.0. The van der Waals surface area contributed by atoms with E-state index in [1.165, 1.54) is 6.20 Å². The lowest BCUT2D eigenvalue weighted by atomic mass is 10.00. The van der Waals surface area contributed by atoms with Crippen LogP contribution in [-0.4, -0.2) is 45.7 Å². The molecule has 2 aromatic heterocycles. The topological polar surface area (TPSA) is 120 Å². The van der Waals surface area contributed by atoms with Gasteiger partial charge in [0.25, 0.3) is 5.91 Å². The number of nitrogens with zero attached hydrogens (tertiary/aromatic N) is 3. The third-order valence-electron chi connectivity index (χ3n) is 5.01. The van der Waals surface area contributed by atoms with Crippen LogP contribution in [0.15, 0.2) is 36.5 Å². The lowest BCUT2D eigenvalue weighted by Crippen LogP contribution is -2.38. The first kappa shape index (κ1) is 21.1. The number of hydrogen-bond acceptors (Lipinski definition) is 7. The van der Waals surface area contributed by atoms with Gasteiger partial charge in [-0.25, -0.2) is 9.97 Å². The Bertz CT molecular complexity index is 1030. The van der Waals surface area contributed by atoms with Crippen molar-refractivity contribution in [2.24, 2.45) is 5.92 Å². The van der Waals surface area contributed by atoms with E-state index in [9.17, 15) is 4.79 Å². The second kappa shape index (κ2) is 9.76. The summed E-state index contributed by atoms with van der Waals surface area (Å²) in [5, 5.41) is 20.3. The highest BCUT2D eigenvalue weighted by molar-refractivity contribution is 6.30. The molecule has 9 nitrogen and oxygen atoms in total. The lowest BCUT2D eigenvalue weighted by Gasteiger charge is -2.23. The third kappa shape index (κ3) is 5.71. The number of anilines is 4. The minimum Gasteiger partial charge on any atom is -0.350 e. The second-order valence-corrected chi connectivity index (χ2v) is 8.00. The smallest absolute Gasteiger partial charge is 0.273 e. The van der Waals surface area contributed by atoms with Crippen molar-refractivity contribution in [3.05, 3.63) is 52.9 Å². The van der Waals surface area contributed by atoms with Crippen molar-refractivity contribution in [2.45, 2.75) is 19.8 Å². The summed E-state index contributed by atoms with van der Waals surface area (Å²) in [7, 11) is 0. The van der Waals surface area contributed by atoms with Gasteiger partial charge in [0.2, 0.25) is 0 Å². The molecule has 1 aliphatic rings. The molecule has 0 unspecified atom stereocenters. The number of halogens is 1. The van der Waals surface area contributed by atoms with E-state index >= 15 is 0 Å². The monoisotopic (exact) mass is 440 g/mol. The minimum absolute atomic E-state index is 0.225. The molecule has 3 heterocycles. The highest BCUT2D eigenvalue weighted by Crippen LogP contribution is 2.22. The van der Waals surface area contributed by atoms with Gasteiger partial charge < -0.3 is 21.3 Å². The number of aromatic nitrogens is 4. The molecule has 1 saturated heterocycles. The van der Waals surface area contributed by atoms with E-state index in [-0.39, 0.29) is 11.6 Å². The molecule has 10 heteroatoms. The van der Waals surface area contributed by atoms with Gasteiger partial charge in [-0.1, -0.05) is 11.6 Å². The first-order valence-electron chi connectivity index (χ1n) is 10.2. The van der Waals surface area contributed by atoms with Crippen molar-refractivity contribution in [3.8, 4) is 0 Å². The zero-order valence-electron chi connectivity index (χ0n) is 17.2. The fraction of sp³-hybridized carbons (Fsp3) is 0.333. The Labute approximate surface area is 185 Å². The summed E-state index contributed by atoms with van der Waals surface area (Å²) >= 11 is 5.98. The Balaban J connectivity index is 1.54. The van der Waals surface area contributed by atoms with Gasteiger partial charge >= 0.3 is 0 Å². The number of H-pyrrole nitrogens is 1. The first-order chi connectivity index (χ1) is 15.1. The maximum atomic E-state index is 12.9. The zero-order valence-corrected chi connectivity index (χ0v) is 18.0. The number of aryl methyl sites for hydroxylation is 1. The SMILES string of the molecule is Cc1cc(Nc2cnc(C(=O)NC[C@@H]3CCCNC3)c(Nc3ccc(Cl)cc3)n2)n[nH]1. The highest BCUT2D eigenvalue weighted by Gasteiger charge is 2.19. The van der Waals surface area contributed by atoms with Crippen molar-refractivity contribution >= 4 is 40.6 Å². The molecule has 1 amide bonds. The van der Waals surface area contributed by atoms with Crippen LogP contribution >= 0.6 is 11.6 Å². The summed E-state index contributed by atoms with van der Waals surface area (Å²) < 4.78 is 0. The maximum Gasteiger partial charge on any atom is 0.273 e. The van der Waals surface area contributed by atoms with Crippen LogP contribution in [0.1, 0.15) is 29.0 Å². The van der Waals surface area contributed by atoms with Crippen molar-refractivity contribution in [2.75, 3.05) is 30.3 Å². The van der Waals surface area contributed by atoms with E-state index in [4.69, 9.17) is 11.6 Å². The number of nitrogens with one attached hydrogen (secondary N) is 5. The van der Waals surface area contributed by atoms with Gasteiger partial charge in [-0.3, -0.25) is 9.89 Å². The van der Waals surface area contributed by atoms with Crippen molar-refractivity contribution in [1.82, 2.24) is 30.8 Å². The first-order valence-corrected chi connectivity index (χ1v) is 10.6. The van der Waals surface area contributed by atoms with Gasteiger partial charge in [0.1, 0.15) is 0 Å². The summed E-state index contributed by atoms with van der Waals surface area (Å²) in [4.78, 5) is 21.8. The van der Waals surface area contributed by atoms with Gasteiger partial charge in [-0.05, 0) is 63.0 Å². The van der Waals surface area contributed by atoms with Gasteiger partial charge in [0.05, 0.1) is 6.20 Å². The predicted molar refractivity (Wildman–Crippen MR) is 121 cm³/mol. The number of piperidine rings is 1. The molecule has 1 aliphatic heterocycles. The number of hydrogen-bond donors (Lipinski definition) is 5. The number of rotatable bonds is 7. The second-order valence-electron chi connectivity index (χ2n) is 7.57. The van der Waals surface area contributed by atoms with Crippen LogP contribution in [0, 0.1) is 12.8 Å². The van der Waals surface area contributed by atoms with Crippen molar-refractivity contribution < 1.29 is 4.79 Å². The summed E-state index contributed by atoms with van der Waals surface area (Å²) in [6.07, 6.45) is 3.74. The summed E-state index contributed by atoms with van der Waals surface area (Å²) in [6, 6.07) is 9.02. The molecular formula is C21H25ClN8O. The number of carbonyl (C=O) groups is 1. The molecule has 0 radical (unpaired) electrons. The number of carbonyl (C=O) groups excluding carboxylic acids is 1. The molecule has 1 fully saturated rings. The van der Waals surface area contributed by atoms with E-state index in [1.807, 2.05) is 25.1 Å². The van der Waals surface area contributed by atoms with E-state index in [0.717, 1.165) is 37.3 Å². The zero-order chi connectivity index (χ0) is 21.6. The molecular weight excluding hydrogens is 416 g/mol. The molecule has 5 N–H and O–H groups in total. The van der Waals surface area contributed by atoms with Crippen LogP contribution in [0.5, 0.6) is 0 Å². The van der Waals surface area contributed by atoms with E-state index in [0.29, 0.717) is 34.9 Å². The van der Waals surface area contributed by atoms with Crippen molar-refractivity contribution in [3.63, 3.8) is 0 Å². The fourth-order valence-electron chi connectivity index (χ4n) is 3.40. The molecule has 0 bridgehead atoms. The number of amides is 1. The van der Waals surface area contributed by atoms with Crippen LogP contribution in [0.4, 0.5) is 23.1 Å². The minimum atomic E-state index is -0.267. The molecule has 0 aliphatic carbocycles. The van der Waals surface area contributed by atoms with Gasteiger partial charge in [0, 0.05) is 29.0 Å². The van der Waals surface area contributed by atoms with Crippen LogP contribution in [0.2, 0.25) is 5.02 Å². The van der Waals surface area contributed by atoms with E-state index in [2.05, 4.69) is 41.4 Å². The van der Waals surface area contributed by atoms with Gasteiger partial charge in [0.15, 0.2) is 23.1 Å². The van der Waals surface area contributed by atoms with Crippen LogP contribution < -0.4 is 21.3 Å². The number of benzene rings is 1. The summed E-state index contributed by atoms with van der Waals surface area (Å²) in [5.41, 5.74) is 1.89. The average Bonchev–Trinajstić information content (AvgIpc) is 3.19. The van der Waals surface area contributed by atoms with Crippen LogP contribution in [0.25, 0.3) is 0 Å². The van der Waals surface area contributed by atoms with Crippen molar-refractivity contribution in [1.29, 1.82) is 0 Å². The van der Waals surface area contributed by atoms with E-state index < -0.39 is 0 Å². The Kier molecular flexibility index (Phi) is 6.63. The Morgan fingerprint density at radius 1 is 1.23 bits per heavy atom. The van der Waals surface area contributed by atoms with Gasteiger partial charge in [-0.15, -0.1) is 0 Å². The standard InChI is InChI=1S/C21H25ClN8O/c1-13-9-17(30-29-13)27-18-12-24-19(21(31)25-11-14-3-2-8-23-10-14)20(28-18)26-16-6-4-15(22)5-7-16/h4-7,9,12,14,23H,2-3,8,10-11H2,1H3,(H,25,31)(H3,26,27,28,29,30)/t14-/m1/s1. The molecule has 0 saturated carbocycles. The van der Waals surface area contributed by atoms with Crippen LogP contribution in [0.3, 0.4) is 0 Å². The molecule has 31 heavy (non-hydrogen) atoms. The van der Waals surface area contributed by atoms with E-state index in [1.54, 1.807) is 12.1 Å². The molecule has 4 rings (SSSR count). The quantitative estimate of drug-likeness (QED) is 0.382. The molecule has 162 valence electrons. The third-order valence-corrected chi connectivity index (χ3v) is 5.26. The Morgan fingerprint density at radius 3 is 2.77 bits per heavy atom. The average molecular weight is 441 g/mol. The molecule has 3 aromatic rings. The maximum absolute atomic E-state index is 12.9. The Morgan fingerprint density at radius 2 is 2.06 bits per heavy atom. The molecule has 0 spiro atoms.